The summed E-state index contributed by atoms with van der Waals surface area (Å²) in [5, 5.41) is 3.60. The van der Waals surface area contributed by atoms with E-state index in [2.05, 4.69) is 24.9 Å². The molecule has 0 aromatic rings. The van der Waals surface area contributed by atoms with Crippen molar-refractivity contribution in [2.75, 3.05) is 13.2 Å². The molecule has 1 aliphatic heterocycles. The molecule has 86 valence electrons. The standard InChI is InChI=1S/C13H23NO/c1-3-13(2,10-14-11-6-7-11)9-12-5-4-8-15-12/h3,11-12,14H,1,4-10H2,2H3. The Balaban J connectivity index is 1.78. The smallest absolute Gasteiger partial charge is 0.0584 e. The van der Waals surface area contributed by atoms with E-state index in [0.29, 0.717) is 6.10 Å². The quantitative estimate of drug-likeness (QED) is 0.679. The zero-order valence-electron chi connectivity index (χ0n) is 9.80. The van der Waals surface area contributed by atoms with Gasteiger partial charge >= 0.3 is 0 Å². The minimum atomic E-state index is 0.206. The van der Waals surface area contributed by atoms with E-state index in [4.69, 9.17) is 4.74 Å². The van der Waals surface area contributed by atoms with Gasteiger partial charge in [-0.05, 0) is 32.1 Å². The van der Waals surface area contributed by atoms with Gasteiger partial charge < -0.3 is 10.1 Å². The summed E-state index contributed by atoms with van der Waals surface area (Å²) in [6, 6.07) is 0.786. The Hall–Kier alpha value is -0.340. The van der Waals surface area contributed by atoms with Crippen LogP contribution in [0.3, 0.4) is 0 Å². The SMILES string of the molecule is C=CC(C)(CNC1CC1)CC1CCCO1. The van der Waals surface area contributed by atoms with E-state index in [1.807, 2.05) is 0 Å². The third kappa shape index (κ3) is 3.32. The Morgan fingerprint density at radius 2 is 2.27 bits per heavy atom. The average molecular weight is 209 g/mol. The van der Waals surface area contributed by atoms with Crippen molar-refractivity contribution in [1.82, 2.24) is 5.32 Å². The van der Waals surface area contributed by atoms with E-state index in [9.17, 15) is 0 Å². The van der Waals surface area contributed by atoms with Gasteiger partial charge in [0, 0.05) is 24.6 Å². The number of rotatable bonds is 6. The summed E-state index contributed by atoms with van der Waals surface area (Å²) < 4.78 is 5.70. The van der Waals surface area contributed by atoms with Crippen molar-refractivity contribution in [3.05, 3.63) is 12.7 Å². The topological polar surface area (TPSA) is 21.3 Å². The van der Waals surface area contributed by atoms with Crippen LogP contribution in [0.4, 0.5) is 0 Å². The van der Waals surface area contributed by atoms with Crippen LogP contribution in [-0.2, 0) is 4.74 Å². The summed E-state index contributed by atoms with van der Waals surface area (Å²) in [4.78, 5) is 0. The lowest BCUT2D eigenvalue weighted by molar-refractivity contribution is 0.0783. The summed E-state index contributed by atoms with van der Waals surface area (Å²) in [7, 11) is 0. The van der Waals surface area contributed by atoms with Crippen LogP contribution in [0.1, 0.15) is 39.0 Å². The largest absolute Gasteiger partial charge is 0.378 e. The van der Waals surface area contributed by atoms with Gasteiger partial charge in [0.05, 0.1) is 6.10 Å². The number of nitrogens with one attached hydrogen (secondary N) is 1. The molecule has 2 atom stereocenters. The normalized spacial score (nSPS) is 30.1. The fourth-order valence-electron chi connectivity index (χ4n) is 2.22. The van der Waals surface area contributed by atoms with Gasteiger partial charge in [0.25, 0.3) is 0 Å². The molecule has 2 fully saturated rings. The van der Waals surface area contributed by atoms with Gasteiger partial charge in [0.15, 0.2) is 0 Å². The molecule has 1 saturated carbocycles. The summed E-state index contributed by atoms with van der Waals surface area (Å²) in [5.41, 5.74) is 0.206. The molecule has 1 aliphatic carbocycles. The first-order chi connectivity index (χ1) is 7.22. The molecule has 2 nitrogen and oxygen atoms in total. The van der Waals surface area contributed by atoms with Crippen molar-refractivity contribution in [2.24, 2.45) is 5.41 Å². The highest BCUT2D eigenvalue weighted by Gasteiger charge is 2.30. The highest BCUT2D eigenvalue weighted by Crippen LogP contribution is 2.30. The van der Waals surface area contributed by atoms with Crippen LogP contribution in [0.2, 0.25) is 0 Å². The first-order valence-electron chi connectivity index (χ1n) is 6.20. The van der Waals surface area contributed by atoms with E-state index in [1.54, 1.807) is 0 Å². The van der Waals surface area contributed by atoms with Crippen LogP contribution < -0.4 is 5.32 Å². The minimum absolute atomic E-state index is 0.206. The number of hydrogen-bond donors (Lipinski definition) is 1. The highest BCUT2D eigenvalue weighted by atomic mass is 16.5. The second-order valence-electron chi connectivity index (χ2n) is 5.35. The van der Waals surface area contributed by atoms with Gasteiger partial charge in [-0.1, -0.05) is 13.0 Å². The molecule has 0 amide bonds. The predicted octanol–water partition coefficient (Wildman–Crippen LogP) is 2.50. The van der Waals surface area contributed by atoms with E-state index < -0.39 is 0 Å². The second-order valence-corrected chi connectivity index (χ2v) is 5.35. The van der Waals surface area contributed by atoms with Crippen molar-refractivity contribution in [3.8, 4) is 0 Å². The molecule has 1 heterocycles. The Bertz CT molecular complexity index is 219. The Morgan fingerprint density at radius 3 is 2.80 bits per heavy atom. The van der Waals surface area contributed by atoms with Crippen LogP contribution in [0.15, 0.2) is 12.7 Å². The van der Waals surface area contributed by atoms with Crippen molar-refractivity contribution < 1.29 is 4.74 Å². The summed E-state index contributed by atoms with van der Waals surface area (Å²) in [6.07, 6.45) is 8.86. The maximum absolute atomic E-state index is 5.70. The maximum Gasteiger partial charge on any atom is 0.0584 e. The monoisotopic (exact) mass is 209 g/mol. The molecule has 0 aromatic carbocycles. The lowest BCUT2D eigenvalue weighted by atomic mass is 9.83. The zero-order chi connectivity index (χ0) is 10.7. The minimum Gasteiger partial charge on any atom is -0.378 e. The molecular weight excluding hydrogens is 186 g/mol. The molecule has 2 unspecified atom stereocenters. The maximum atomic E-state index is 5.70. The first kappa shape index (κ1) is 11.2. The number of ether oxygens (including phenoxy) is 1. The van der Waals surface area contributed by atoms with E-state index >= 15 is 0 Å². The summed E-state index contributed by atoms with van der Waals surface area (Å²) >= 11 is 0. The molecule has 0 spiro atoms. The molecule has 1 N–H and O–H groups in total. The molecular formula is C13H23NO. The molecule has 0 radical (unpaired) electrons. The van der Waals surface area contributed by atoms with Crippen molar-refractivity contribution >= 4 is 0 Å². The van der Waals surface area contributed by atoms with Crippen molar-refractivity contribution in [2.45, 2.75) is 51.2 Å². The molecule has 1 saturated heterocycles. The zero-order valence-corrected chi connectivity index (χ0v) is 9.80. The van der Waals surface area contributed by atoms with Gasteiger partial charge in [0.2, 0.25) is 0 Å². The molecule has 15 heavy (non-hydrogen) atoms. The third-order valence-electron chi connectivity index (χ3n) is 3.58. The van der Waals surface area contributed by atoms with Crippen LogP contribution in [0.5, 0.6) is 0 Å². The average Bonchev–Trinajstić information content (AvgIpc) is 2.94. The fraction of sp³-hybridized carbons (Fsp3) is 0.846. The van der Waals surface area contributed by atoms with Gasteiger partial charge in [-0.15, -0.1) is 6.58 Å². The third-order valence-corrected chi connectivity index (χ3v) is 3.58. The Kier molecular flexibility index (Phi) is 3.47. The van der Waals surface area contributed by atoms with Gasteiger partial charge in [-0.2, -0.15) is 0 Å². The fourth-order valence-corrected chi connectivity index (χ4v) is 2.22. The van der Waals surface area contributed by atoms with Crippen LogP contribution in [0, 0.1) is 5.41 Å². The highest BCUT2D eigenvalue weighted by molar-refractivity contribution is 4.97. The second kappa shape index (κ2) is 4.67. The molecule has 2 rings (SSSR count). The number of hydrogen-bond acceptors (Lipinski definition) is 2. The van der Waals surface area contributed by atoms with Crippen LogP contribution in [-0.4, -0.2) is 25.3 Å². The summed E-state index contributed by atoms with van der Waals surface area (Å²) in [5.74, 6) is 0. The van der Waals surface area contributed by atoms with E-state index in [-0.39, 0.29) is 5.41 Å². The van der Waals surface area contributed by atoms with Crippen molar-refractivity contribution in [1.29, 1.82) is 0 Å². The predicted molar refractivity (Wildman–Crippen MR) is 62.9 cm³/mol. The Morgan fingerprint density at radius 1 is 1.47 bits per heavy atom. The van der Waals surface area contributed by atoms with Gasteiger partial charge in [-0.25, -0.2) is 0 Å². The lowest BCUT2D eigenvalue weighted by Gasteiger charge is -2.29. The molecule has 2 aliphatic rings. The molecule has 0 bridgehead atoms. The van der Waals surface area contributed by atoms with Crippen molar-refractivity contribution in [3.63, 3.8) is 0 Å². The van der Waals surface area contributed by atoms with Gasteiger partial charge in [-0.3, -0.25) is 0 Å². The van der Waals surface area contributed by atoms with Gasteiger partial charge in [0.1, 0.15) is 0 Å². The molecule has 0 aromatic heterocycles. The molecule has 2 heteroatoms. The first-order valence-corrected chi connectivity index (χ1v) is 6.20. The lowest BCUT2D eigenvalue weighted by Crippen LogP contribution is -2.34. The van der Waals surface area contributed by atoms with E-state index in [0.717, 1.165) is 25.6 Å². The summed E-state index contributed by atoms with van der Waals surface area (Å²) in [6.45, 7) is 8.28. The van der Waals surface area contributed by atoms with Crippen LogP contribution in [0.25, 0.3) is 0 Å². The van der Waals surface area contributed by atoms with Crippen LogP contribution >= 0.6 is 0 Å². The van der Waals surface area contributed by atoms with E-state index in [1.165, 1.54) is 25.7 Å². The Labute approximate surface area is 93.1 Å².